The van der Waals surface area contributed by atoms with Crippen molar-refractivity contribution in [2.24, 2.45) is 0 Å². The largest absolute Gasteiger partial charge is 0.449 e. The van der Waals surface area contributed by atoms with Crippen molar-refractivity contribution in [1.82, 2.24) is 0 Å². The molecule has 0 saturated carbocycles. The molecule has 0 aliphatic heterocycles. The van der Waals surface area contributed by atoms with Gasteiger partial charge in [0, 0.05) is 5.02 Å². The number of hydrogen-bond acceptors (Lipinski definition) is 4. The second-order valence-electron chi connectivity index (χ2n) is 3.72. The lowest BCUT2D eigenvalue weighted by molar-refractivity contribution is -0.385. The van der Waals surface area contributed by atoms with Crippen LogP contribution < -0.4 is 4.74 Å². The molecule has 2 aromatic rings. The Balaban J connectivity index is 2.45. The van der Waals surface area contributed by atoms with Crippen molar-refractivity contribution in [3.8, 4) is 17.6 Å². The van der Waals surface area contributed by atoms with Crippen LogP contribution >= 0.6 is 11.6 Å². The molecule has 0 aromatic heterocycles. The van der Waals surface area contributed by atoms with E-state index in [4.69, 9.17) is 21.6 Å². The van der Waals surface area contributed by atoms with E-state index in [2.05, 4.69) is 0 Å². The summed E-state index contributed by atoms with van der Waals surface area (Å²) in [5, 5.41) is 20.1. The maximum Gasteiger partial charge on any atom is 0.314 e. The standard InChI is InChI=1S/C13H6ClFN2O3/c14-9-1-3-12(8(5-9)7-16)20-13-4-2-10(15)6-11(13)17(18)19/h1-6H. The van der Waals surface area contributed by atoms with E-state index in [0.717, 1.165) is 18.2 Å². The summed E-state index contributed by atoms with van der Waals surface area (Å²) in [6, 6.07) is 9.03. The lowest BCUT2D eigenvalue weighted by atomic mass is 10.2. The summed E-state index contributed by atoms with van der Waals surface area (Å²) in [5.74, 6) is -0.803. The fourth-order valence-electron chi connectivity index (χ4n) is 1.52. The van der Waals surface area contributed by atoms with Crippen LogP contribution in [0, 0.1) is 27.3 Å². The Labute approximate surface area is 117 Å². The Hall–Kier alpha value is -2.65. The van der Waals surface area contributed by atoms with Gasteiger partial charge in [-0.1, -0.05) is 11.6 Å². The maximum atomic E-state index is 13.0. The van der Waals surface area contributed by atoms with Gasteiger partial charge in [0.05, 0.1) is 16.6 Å². The van der Waals surface area contributed by atoms with Crippen LogP contribution in [-0.4, -0.2) is 4.92 Å². The van der Waals surface area contributed by atoms with Gasteiger partial charge in [-0.3, -0.25) is 10.1 Å². The Morgan fingerprint density at radius 3 is 2.60 bits per heavy atom. The topological polar surface area (TPSA) is 76.2 Å². The highest BCUT2D eigenvalue weighted by Crippen LogP contribution is 2.34. The molecular formula is C13H6ClFN2O3. The van der Waals surface area contributed by atoms with Gasteiger partial charge in [-0.25, -0.2) is 4.39 Å². The number of nitrogens with zero attached hydrogens (tertiary/aromatic N) is 2. The van der Waals surface area contributed by atoms with E-state index in [1.54, 1.807) is 0 Å². The molecule has 2 rings (SSSR count). The van der Waals surface area contributed by atoms with Gasteiger partial charge in [-0.2, -0.15) is 5.26 Å². The van der Waals surface area contributed by atoms with Gasteiger partial charge in [0.2, 0.25) is 5.75 Å². The van der Waals surface area contributed by atoms with Gasteiger partial charge in [0.25, 0.3) is 0 Å². The van der Waals surface area contributed by atoms with Crippen LogP contribution in [0.2, 0.25) is 5.02 Å². The molecule has 100 valence electrons. The number of nitriles is 1. The second-order valence-corrected chi connectivity index (χ2v) is 4.16. The van der Waals surface area contributed by atoms with Gasteiger partial charge in [-0.15, -0.1) is 0 Å². The quantitative estimate of drug-likeness (QED) is 0.631. The van der Waals surface area contributed by atoms with Crippen LogP contribution in [0.3, 0.4) is 0 Å². The first-order valence-corrected chi connectivity index (χ1v) is 5.70. The predicted octanol–water partition coefficient (Wildman–Crippen LogP) is 4.05. The van der Waals surface area contributed by atoms with Gasteiger partial charge in [0.15, 0.2) is 0 Å². The van der Waals surface area contributed by atoms with Crippen molar-refractivity contribution in [2.75, 3.05) is 0 Å². The Morgan fingerprint density at radius 1 is 1.25 bits per heavy atom. The normalized spacial score (nSPS) is 9.85. The Bertz CT molecular complexity index is 728. The first-order chi connectivity index (χ1) is 9.51. The van der Waals surface area contributed by atoms with E-state index in [1.165, 1.54) is 18.2 Å². The molecular weight excluding hydrogens is 287 g/mol. The van der Waals surface area contributed by atoms with Crippen molar-refractivity contribution in [3.05, 3.63) is 62.9 Å². The maximum absolute atomic E-state index is 13.0. The monoisotopic (exact) mass is 292 g/mol. The van der Waals surface area contributed by atoms with Crippen molar-refractivity contribution < 1.29 is 14.1 Å². The average Bonchev–Trinajstić information content (AvgIpc) is 2.42. The van der Waals surface area contributed by atoms with Crippen molar-refractivity contribution in [3.63, 3.8) is 0 Å². The van der Waals surface area contributed by atoms with Crippen molar-refractivity contribution >= 4 is 17.3 Å². The first kappa shape index (κ1) is 13.8. The zero-order chi connectivity index (χ0) is 14.7. The van der Waals surface area contributed by atoms with Crippen LogP contribution in [0.25, 0.3) is 0 Å². The third-order valence-corrected chi connectivity index (χ3v) is 2.63. The average molecular weight is 293 g/mol. The SMILES string of the molecule is N#Cc1cc(Cl)ccc1Oc1ccc(F)cc1[N+](=O)[O-]. The molecule has 0 heterocycles. The van der Waals surface area contributed by atoms with Crippen molar-refractivity contribution in [2.45, 2.75) is 0 Å². The smallest absolute Gasteiger partial charge is 0.314 e. The lowest BCUT2D eigenvalue weighted by Crippen LogP contribution is -1.95. The molecule has 0 unspecified atom stereocenters. The summed E-state index contributed by atoms with van der Waals surface area (Å²) in [4.78, 5) is 10.1. The summed E-state index contributed by atoms with van der Waals surface area (Å²) in [6.07, 6.45) is 0. The van der Waals surface area contributed by atoms with Crippen molar-refractivity contribution in [1.29, 1.82) is 5.26 Å². The number of halogens is 2. The molecule has 0 atom stereocenters. The third kappa shape index (κ3) is 2.84. The molecule has 0 aliphatic rings. The van der Waals surface area contributed by atoms with Gasteiger partial charge in [-0.05, 0) is 30.3 Å². The van der Waals surface area contributed by atoms with Crippen LogP contribution in [0.1, 0.15) is 5.56 Å². The molecule has 5 nitrogen and oxygen atoms in total. The van der Waals surface area contributed by atoms with Crippen LogP contribution in [-0.2, 0) is 0 Å². The highest BCUT2D eigenvalue weighted by atomic mass is 35.5. The summed E-state index contributed by atoms with van der Waals surface area (Å²) in [5.41, 5.74) is -0.403. The highest BCUT2D eigenvalue weighted by Gasteiger charge is 2.18. The van der Waals surface area contributed by atoms with E-state index < -0.39 is 16.4 Å². The summed E-state index contributed by atoms with van der Waals surface area (Å²) < 4.78 is 18.3. The predicted molar refractivity (Wildman–Crippen MR) is 69.3 cm³/mol. The first-order valence-electron chi connectivity index (χ1n) is 5.32. The number of ether oxygens (including phenoxy) is 1. The van der Waals surface area contributed by atoms with E-state index in [1.807, 2.05) is 6.07 Å². The van der Waals surface area contributed by atoms with E-state index in [9.17, 15) is 14.5 Å². The third-order valence-electron chi connectivity index (χ3n) is 2.40. The molecule has 0 spiro atoms. The minimum atomic E-state index is -0.764. The molecule has 0 aliphatic carbocycles. The fourth-order valence-corrected chi connectivity index (χ4v) is 1.69. The molecule has 7 heteroatoms. The van der Waals surface area contributed by atoms with Gasteiger partial charge < -0.3 is 4.74 Å². The molecule has 0 saturated heterocycles. The summed E-state index contributed by atoms with van der Waals surface area (Å²) in [7, 11) is 0. The fraction of sp³-hybridized carbons (Fsp3) is 0. The number of rotatable bonds is 3. The molecule has 0 bridgehead atoms. The zero-order valence-corrected chi connectivity index (χ0v) is 10.6. The summed E-state index contributed by atoms with van der Waals surface area (Å²) in [6.45, 7) is 0. The number of nitro groups is 1. The highest BCUT2D eigenvalue weighted by molar-refractivity contribution is 6.30. The summed E-state index contributed by atoms with van der Waals surface area (Å²) >= 11 is 5.74. The van der Waals surface area contributed by atoms with E-state index >= 15 is 0 Å². The Kier molecular flexibility index (Phi) is 3.82. The van der Waals surface area contributed by atoms with Crippen LogP contribution in [0.4, 0.5) is 10.1 Å². The van der Waals surface area contributed by atoms with E-state index in [-0.39, 0.29) is 17.1 Å². The Morgan fingerprint density at radius 2 is 1.95 bits per heavy atom. The van der Waals surface area contributed by atoms with Crippen LogP contribution in [0.5, 0.6) is 11.5 Å². The van der Waals surface area contributed by atoms with E-state index in [0.29, 0.717) is 5.02 Å². The lowest BCUT2D eigenvalue weighted by Gasteiger charge is -2.08. The number of hydrogen-bond donors (Lipinski definition) is 0. The molecule has 0 radical (unpaired) electrons. The molecule has 20 heavy (non-hydrogen) atoms. The minimum Gasteiger partial charge on any atom is -0.449 e. The van der Waals surface area contributed by atoms with Gasteiger partial charge >= 0.3 is 5.69 Å². The van der Waals surface area contributed by atoms with Crippen LogP contribution in [0.15, 0.2) is 36.4 Å². The second kappa shape index (κ2) is 5.55. The molecule has 0 N–H and O–H groups in total. The molecule has 0 fully saturated rings. The zero-order valence-electron chi connectivity index (χ0n) is 9.84. The minimum absolute atomic E-state index is 0.103. The van der Waals surface area contributed by atoms with Gasteiger partial charge in [0.1, 0.15) is 17.6 Å². The number of nitro benzene ring substituents is 1. The molecule has 0 amide bonds. The molecule has 2 aromatic carbocycles. The number of benzene rings is 2.